The Labute approximate surface area is 119 Å². The number of carbonyl (C=O) groups is 1. The van der Waals surface area contributed by atoms with E-state index < -0.39 is 0 Å². The number of thioether (sulfide) groups is 1. The van der Waals surface area contributed by atoms with Crippen molar-refractivity contribution < 1.29 is 4.79 Å². The van der Waals surface area contributed by atoms with Crippen molar-refractivity contribution in [3.63, 3.8) is 0 Å². The first-order valence-electron chi connectivity index (χ1n) is 5.60. The lowest BCUT2D eigenvalue weighted by Gasteiger charge is -2.05. The molecule has 1 heterocycles. The third-order valence-corrected chi connectivity index (χ3v) is 3.33. The molecule has 19 heavy (non-hydrogen) atoms. The van der Waals surface area contributed by atoms with E-state index in [1.807, 2.05) is 6.26 Å². The van der Waals surface area contributed by atoms with E-state index in [4.69, 9.17) is 12.2 Å². The van der Waals surface area contributed by atoms with Gasteiger partial charge in [-0.05, 0) is 42.7 Å². The molecule has 1 aromatic carbocycles. The molecule has 1 aromatic heterocycles. The van der Waals surface area contributed by atoms with Gasteiger partial charge in [0.05, 0.1) is 5.69 Å². The van der Waals surface area contributed by atoms with Crippen LogP contribution in [0.15, 0.2) is 24.3 Å². The number of nitrogens with one attached hydrogen (secondary N) is 2. The smallest absolute Gasteiger partial charge is 0.251 e. The Bertz CT molecular complexity index is 604. The van der Waals surface area contributed by atoms with E-state index in [0.29, 0.717) is 16.9 Å². The van der Waals surface area contributed by atoms with E-state index in [9.17, 15) is 4.79 Å². The van der Waals surface area contributed by atoms with Gasteiger partial charge in [0.2, 0.25) is 4.77 Å². The van der Waals surface area contributed by atoms with Crippen molar-refractivity contribution in [1.29, 1.82) is 0 Å². The van der Waals surface area contributed by atoms with Crippen molar-refractivity contribution in [1.82, 2.24) is 25.5 Å². The topological polar surface area (TPSA) is 75.6 Å². The Morgan fingerprint density at radius 1 is 1.47 bits per heavy atom. The van der Waals surface area contributed by atoms with Crippen LogP contribution in [0.3, 0.4) is 0 Å². The summed E-state index contributed by atoms with van der Waals surface area (Å²) in [4.78, 5) is 11.8. The molecule has 0 spiro atoms. The Balaban J connectivity index is 2.08. The first kappa shape index (κ1) is 13.8. The fraction of sp³-hybridized carbons (Fsp3) is 0.273. The van der Waals surface area contributed by atoms with Crippen LogP contribution in [0.4, 0.5) is 0 Å². The van der Waals surface area contributed by atoms with Crippen LogP contribution in [0.5, 0.6) is 0 Å². The lowest BCUT2D eigenvalue weighted by atomic mass is 10.2. The van der Waals surface area contributed by atoms with Gasteiger partial charge in [-0.15, -0.1) is 0 Å². The molecule has 6 nitrogen and oxygen atoms in total. The van der Waals surface area contributed by atoms with Crippen molar-refractivity contribution in [3.05, 3.63) is 34.6 Å². The molecule has 0 unspecified atom stereocenters. The van der Waals surface area contributed by atoms with Crippen molar-refractivity contribution in [2.45, 2.75) is 0 Å². The van der Waals surface area contributed by atoms with Gasteiger partial charge in [-0.1, -0.05) is 10.3 Å². The van der Waals surface area contributed by atoms with Crippen LogP contribution in [0, 0.1) is 4.77 Å². The number of aromatic amines is 1. The third kappa shape index (κ3) is 3.42. The molecule has 2 N–H and O–H groups in total. The van der Waals surface area contributed by atoms with Gasteiger partial charge in [0, 0.05) is 17.9 Å². The molecule has 0 aliphatic rings. The van der Waals surface area contributed by atoms with Gasteiger partial charge < -0.3 is 5.32 Å². The summed E-state index contributed by atoms with van der Waals surface area (Å²) in [5.41, 5.74) is 1.40. The number of carbonyl (C=O) groups excluding carboxylic acids is 1. The Morgan fingerprint density at radius 3 is 2.79 bits per heavy atom. The number of nitrogens with zero attached hydrogens (tertiary/aromatic N) is 3. The van der Waals surface area contributed by atoms with Crippen LogP contribution in [-0.2, 0) is 0 Å². The molecule has 100 valence electrons. The van der Waals surface area contributed by atoms with Crippen LogP contribution in [0.1, 0.15) is 10.4 Å². The zero-order chi connectivity index (χ0) is 13.7. The minimum absolute atomic E-state index is 0.0769. The summed E-state index contributed by atoms with van der Waals surface area (Å²) in [6, 6.07) is 7.07. The Morgan fingerprint density at radius 2 is 2.21 bits per heavy atom. The normalized spacial score (nSPS) is 10.4. The van der Waals surface area contributed by atoms with Gasteiger partial charge in [-0.2, -0.15) is 17.0 Å². The third-order valence-electron chi connectivity index (χ3n) is 2.45. The summed E-state index contributed by atoms with van der Waals surface area (Å²) in [5, 5.41) is 12.8. The standard InChI is InChI=1S/C11H13N5OS2/c1-19-7-6-12-10(17)8-2-4-9(5-3-8)16-11(18)13-14-15-16/h2-5H,6-7H2,1H3,(H,12,17)(H,13,15,18). The average molecular weight is 295 g/mol. The predicted octanol–water partition coefficient (Wildman–Crippen LogP) is 1.42. The van der Waals surface area contributed by atoms with E-state index in [2.05, 4.69) is 20.8 Å². The summed E-state index contributed by atoms with van der Waals surface area (Å²) in [7, 11) is 0. The molecule has 0 bridgehead atoms. The Kier molecular flexibility index (Phi) is 4.69. The maximum absolute atomic E-state index is 11.8. The highest BCUT2D eigenvalue weighted by Crippen LogP contribution is 2.08. The van der Waals surface area contributed by atoms with Crippen molar-refractivity contribution in [2.24, 2.45) is 0 Å². The van der Waals surface area contributed by atoms with Crippen LogP contribution in [0.25, 0.3) is 5.69 Å². The fourth-order valence-electron chi connectivity index (χ4n) is 1.50. The summed E-state index contributed by atoms with van der Waals surface area (Å²) in [6.07, 6.45) is 2.00. The highest BCUT2D eigenvalue weighted by molar-refractivity contribution is 7.98. The van der Waals surface area contributed by atoms with Gasteiger partial charge in [0.15, 0.2) is 0 Å². The fourth-order valence-corrected chi connectivity index (χ4v) is 1.99. The number of benzene rings is 1. The molecule has 0 saturated carbocycles. The second kappa shape index (κ2) is 6.48. The highest BCUT2D eigenvalue weighted by Gasteiger charge is 2.05. The SMILES string of the molecule is CSCCNC(=O)c1ccc(-n2[nH]nnc2=S)cc1. The van der Waals surface area contributed by atoms with E-state index in [0.717, 1.165) is 11.4 Å². The summed E-state index contributed by atoms with van der Waals surface area (Å²) in [5.74, 6) is 0.825. The predicted molar refractivity (Wildman–Crippen MR) is 77.3 cm³/mol. The average Bonchev–Trinajstić information content (AvgIpc) is 2.85. The summed E-state index contributed by atoms with van der Waals surface area (Å²) >= 11 is 6.69. The molecule has 8 heteroatoms. The van der Waals surface area contributed by atoms with E-state index in [-0.39, 0.29) is 5.91 Å². The molecule has 0 aliphatic carbocycles. The van der Waals surface area contributed by atoms with E-state index in [1.165, 1.54) is 0 Å². The lowest BCUT2D eigenvalue weighted by Crippen LogP contribution is -2.25. The second-order valence-electron chi connectivity index (χ2n) is 3.71. The minimum atomic E-state index is -0.0769. The van der Waals surface area contributed by atoms with Crippen LogP contribution < -0.4 is 5.32 Å². The monoisotopic (exact) mass is 295 g/mol. The van der Waals surface area contributed by atoms with Gasteiger partial charge in [0.1, 0.15) is 0 Å². The first-order chi connectivity index (χ1) is 9.22. The number of tetrazole rings is 1. The maximum Gasteiger partial charge on any atom is 0.251 e. The number of amides is 1. The largest absolute Gasteiger partial charge is 0.351 e. The molecule has 0 fully saturated rings. The molecular weight excluding hydrogens is 282 g/mol. The molecule has 1 amide bonds. The minimum Gasteiger partial charge on any atom is -0.351 e. The maximum atomic E-state index is 11.8. The number of H-pyrrole nitrogens is 1. The van der Waals surface area contributed by atoms with Gasteiger partial charge in [-0.3, -0.25) is 4.79 Å². The molecule has 0 aliphatic heterocycles. The number of hydrogen-bond donors (Lipinski definition) is 2. The van der Waals surface area contributed by atoms with Gasteiger partial charge in [-0.25, -0.2) is 4.68 Å². The molecule has 0 radical (unpaired) electrons. The lowest BCUT2D eigenvalue weighted by molar-refractivity contribution is 0.0956. The Hall–Kier alpha value is -1.67. The zero-order valence-corrected chi connectivity index (χ0v) is 11.9. The van der Waals surface area contributed by atoms with Crippen molar-refractivity contribution in [2.75, 3.05) is 18.6 Å². The molecule has 2 rings (SSSR count). The number of aromatic nitrogens is 4. The number of hydrogen-bond acceptors (Lipinski definition) is 5. The first-order valence-corrected chi connectivity index (χ1v) is 7.40. The zero-order valence-electron chi connectivity index (χ0n) is 10.3. The quantitative estimate of drug-likeness (QED) is 0.644. The summed E-state index contributed by atoms with van der Waals surface area (Å²) < 4.78 is 1.90. The number of rotatable bonds is 5. The van der Waals surface area contributed by atoms with Crippen molar-refractivity contribution >= 4 is 29.9 Å². The summed E-state index contributed by atoms with van der Waals surface area (Å²) in [6.45, 7) is 0.664. The van der Waals surface area contributed by atoms with Crippen LogP contribution in [0.2, 0.25) is 0 Å². The molecule has 2 aromatic rings. The van der Waals surface area contributed by atoms with Gasteiger partial charge in [0.25, 0.3) is 5.91 Å². The molecular formula is C11H13N5OS2. The van der Waals surface area contributed by atoms with Crippen LogP contribution in [-0.4, -0.2) is 44.7 Å². The van der Waals surface area contributed by atoms with Gasteiger partial charge >= 0.3 is 0 Å². The van der Waals surface area contributed by atoms with Crippen LogP contribution >= 0.6 is 24.0 Å². The van der Waals surface area contributed by atoms with E-state index in [1.54, 1.807) is 40.7 Å². The highest BCUT2D eigenvalue weighted by atomic mass is 32.2. The van der Waals surface area contributed by atoms with E-state index >= 15 is 0 Å². The molecule has 0 saturated heterocycles. The second-order valence-corrected chi connectivity index (χ2v) is 5.06. The molecule has 0 atom stereocenters. The van der Waals surface area contributed by atoms with Crippen molar-refractivity contribution in [3.8, 4) is 5.69 Å².